The molecule has 0 bridgehead atoms. The predicted molar refractivity (Wildman–Crippen MR) is 85.6 cm³/mol. The van der Waals surface area contributed by atoms with Crippen LogP contribution in [0.1, 0.15) is 0 Å². The second-order valence-electron chi connectivity index (χ2n) is 4.88. The molecule has 0 aliphatic carbocycles. The fourth-order valence-electron chi connectivity index (χ4n) is 2.25. The molecule has 1 aliphatic rings. The second-order valence-corrected chi connectivity index (χ2v) is 5.87. The Balaban J connectivity index is 1.46. The highest BCUT2D eigenvalue weighted by Crippen LogP contribution is 2.16. The number of amides is 1. The maximum atomic E-state index is 12.2. The zero-order chi connectivity index (χ0) is 15.4. The van der Waals surface area contributed by atoms with E-state index >= 15 is 0 Å². The summed E-state index contributed by atoms with van der Waals surface area (Å²) in [5.41, 5.74) is 0. The average Bonchev–Trinajstić information content (AvgIpc) is 3.09. The molecule has 1 aromatic carbocycles. The first-order chi connectivity index (χ1) is 10.7. The summed E-state index contributed by atoms with van der Waals surface area (Å²) in [6, 6.07) is 6.98. The van der Waals surface area contributed by atoms with E-state index in [1.54, 1.807) is 30.5 Å². The fourth-order valence-corrected chi connectivity index (χ4v) is 2.81. The van der Waals surface area contributed by atoms with Crippen LogP contribution >= 0.6 is 23.3 Å². The Labute approximate surface area is 137 Å². The second kappa shape index (κ2) is 6.93. The first-order valence-electron chi connectivity index (χ1n) is 6.91. The average molecular weight is 339 g/mol. The molecular formula is C14H15ClN4O2S. The number of anilines is 1. The molecule has 3 rings (SSSR count). The number of hydrogen-bond donors (Lipinski definition) is 0. The van der Waals surface area contributed by atoms with Crippen molar-refractivity contribution in [2.45, 2.75) is 0 Å². The number of benzene rings is 1. The minimum absolute atomic E-state index is 0.00833. The van der Waals surface area contributed by atoms with Crippen molar-refractivity contribution in [2.24, 2.45) is 0 Å². The Morgan fingerprint density at radius 3 is 2.59 bits per heavy atom. The van der Waals surface area contributed by atoms with Gasteiger partial charge < -0.3 is 14.5 Å². The third-order valence-corrected chi connectivity index (χ3v) is 4.20. The highest BCUT2D eigenvalue weighted by Gasteiger charge is 2.22. The van der Waals surface area contributed by atoms with Gasteiger partial charge in [-0.3, -0.25) is 4.79 Å². The minimum atomic E-state index is -0.00833. The molecule has 2 aromatic rings. The van der Waals surface area contributed by atoms with E-state index in [4.69, 9.17) is 16.3 Å². The summed E-state index contributed by atoms with van der Waals surface area (Å²) < 4.78 is 13.7. The third kappa shape index (κ3) is 3.66. The SMILES string of the molecule is O=C(COc1ccc(Cl)cc1)N1CCN(c2cnsn2)CC1. The van der Waals surface area contributed by atoms with Crippen molar-refractivity contribution in [3.63, 3.8) is 0 Å². The van der Waals surface area contributed by atoms with Gasteiger partial charge in [0.15, 0.2) is 12.4 Å². The standard InChI is InChI=1S/C14H15ClN4O2S/c15-11-1-3-12(4-2-11)21-10-14(20)19-7-5-18(6-8-19)13-9-16-22-17-13/h1-4,9H,5-8,10H2. The monoisotopic (exact) mass is 338 g/mol. The van der Waals surface area contributed by atoms with Gasteiger partial charge in [-0.2, -0.15) is 8.75 Å². The quantitative estimate of drug-likeness (QED) is 0.852. The van der Waals surface area contributed by atoms with E-state index in [1.807, 2.05) is 4.90 Å². The topological polar surface area (TPSA) is 58.6 Å². The lowest BCUT2D eigenvalue weighted by atomic mass is 10.3. The zero-order valence-corrected chi connectivity index (χ0v) is 13.4. The van der Waals surface area contributed by atoms with E-state index in [0.717, 1.165) is 18.9 Å². The maximum absolute atomic E-state index is 12.2. The van der Waals surface area contributed by atoms with Crippen molar-refractivity contribution < 1.29 is 9.53 Å². The van der Waals surface area contributed by atoms with Crippen LogP contribution in [-0.4, -0.2) is 52.3 Å². The van der Waals surface area contributed by atoms with Crippen molar-refractivity contribution in [1.29, 1.82) is 0 Å². The number of rotatable bonds is 4. The largest absolute Gasteiger partial charge is 0.484 e. The van der Waals surface area contributed by atoms with Crippen LogP contribution in [0.3, 0.4) is 0 Å². The summed E-state index contributed by atoms with van der Waals surface area (Å²) in [6.45, 7) is 2.90. The summed E-state index contributed by atoms with van der Waals surface area (Å²) in [6.07, 6.45) is 1.76. The lowest BCUT2D eigenvalue weighted by Gasteiger charge is -2.34. The van der Waals surface area contributed by atoms with Crippen LogP contribution in [0.15, 0.2) is 30.5 Å². The molecule has 8 heteroatoms. The van der Waals surface area contributed by atoms with E-state index in [9.17, 15) is 4.79 Å². The molecule has 0 unspecified atom stereocenters. The van der Waals surface area contributed by atoms with Gasteiger partial charge >= 0.3 is 0 Å². The lowest BCUT2D eigenvalue weighted by molar-refractivity contribution is -0.133. The Kier molecular flexibility index (Phi) is 4.74. The van der Waals surface area contributed by atoms with Gasteiger partial charge in [0.05, 0.1) is 17.9 Å². The molecule has 6 nitrogen and oxygen atoms in total. The van der Waals surface area contributed by atoms with Crippen LogP contribution in [0.2, 0.25) is 5.02 Å². The summed E-state index contributed by atoms with van der Waals surface area (Å²) in [4.78, 5) is 16.1. The first-order valence-corrected chi connectivity index (χ1v) is 8.02. The predicted octanol–water partition coefficient (Wildman–Crippen LogP) is 1.92. The van der Waals surface area contributed by atoms with Crippen molar-refractivity contribution in [1.82, 2.24) is 13.6 Å². The van der Waals surface area contributed by atoms with Crippen LogP contribution in [0, 0.1) is 0 Å². The Bertz CT molecular complexity index is 612. The molecule has 0 spiro atoms. The number of halogens is 1. The van der Waals surface area contributed by atoms with Crippen LogP contribution in [0.25, 0.3) is 0 Å². The van der Waals surface area contributed by atoms with E-state index < -0.39 is 0 Å². The molecule has 0 saturated carbocycles. The Morgan fingerprint density at radius 1 is 1.23 bits per heavy atom. The first kappa shape index (κ1) is 15.1. The van der Waals surface area contributed by atoms with E-state index in [1.165, 1.54) is 11.7 Å². The van der Waals surface area contributed by atoms with Gasteiger partial charge in [0.25, 0.3) is 5.91 Å². The minimum Gasteiger partial charge on any atom is -0.484 e. The maximum Gasteiger partial charge on any atom is 0.260 e. The van der Waals surface area contributed by atoms with Crippen LogP contribution in [0.4, 0.5) is 5.82 Å². The number of aromatic nitrogens is 2. The smallest absolute Gasteiger partial charge is 0.260 e. The lowest BCUT2D eigenvalue weighted by Crippen LogP contribution is -2.50. The molecule has 1 fully saturated rings. The molecule has 116 valence electrons. The number of piperazine rings is 1. The van der Waals surface area contributed by atoms with Gasteiger partial charge in [0.2, 0.25) is 0 Å². The number of hydrogen-bond acceptors (Lipinski definition) is 6. The Hall–Kier alpha value is -1.86. The molecular weight excluding hydrogens is 324 g/mol. The molecule has 1 aromatic heterocycles. The van der Waals surface area contributed by atoms with Gasteiger partial charge in [0, 0.05) is 31.2 Å². The highest BCUT2D eigenvalue weighted by molar-refractivity contribution is 6.99. The number of carbonyl (C=O) groups excluding carboxylic acids is 1. The summed E-state index contributed by atoms with van der Waals surface area (Å²) >= 11 is 7.00. The molecule has 2 heterocycles. The van der Waals surface area contributed by atoms with Crippen molar-refractivity contribution in [2.75, 3.05) is 37.7 Å². The molecule has 0 N–H and O–H groups in total. The summed E-state index contributed by atoms with van der Waals surface area (Å²) in [5, 5.41) is 0.645. The van der Waals surface area contributed by atoms with Crippen molar-refractivity contribution >= 4 is 35.1 Å². The third-order valence-electron chi connectivity index (χ3n) is 3.48. The van der Waals surface area contributed by atoms with E-state index in [-0.39, 0.29) is 12.5 Å². The van der Waals surface area contributed by atoms with Gasteiger partial charge in [0.1, 0.15) is 5.75 Å². The Morgan fingerprint density at radius 2 is 1.95 bits per heavy atom. The normalized spacial score (nSPS) is 15.0. The van der Waals surface area contributed by atoms with E-state index in [0.29, 0.717) is 23.9 Å². The number of carbonyl (C=O) groups is 1. The van der Waals surface area contributed by atoms with Crippen LogP contribution in [-0.2, 0) is 4.79 Å². The molecule has 1 aliphatic heterocycles. The van der Waals surface area contributed by atoms with Crippen molar-refractivity contribution in [3.05, 3.63) is 35.5 Å². The summed E-state index contributed by atoms with van der Waals surface area (Å²) in [7, 11) is 0. The molecule has 1 saturated heterocycles. The zero-order valence-electron chi connectivity index (χ0n) is 11.8. The van der Waals surface area contributed by atoms with Gasteiger partial charge in [-0.15, -0.1) is 0 Å². The van der Waals surface area contributed by atoms with Gasteiger partial charge in [-0.05, 0) is 24.3 Å². The van der Waals surface area contributed by atoms with Gasteiger partial charge in [-0.25, -0.2) is 0 Å². The highest BCUT2D eigenvalue weighted by atomic mass is 35.5. The van der Waals surface area contributed by atoms with Crippen molar-refractivity contribution in [3.8, 4) is 5.75 Å². The van der Waals surface area contributed by atoms with Crippen LogP contribution < -0.4 is 9.64 Å². The molecule has 1 amide bonds. The molecule has 0 atom stereocenters. The molecule has 22 heavy (non-hydrogen) atoms. The molecule has 0 radical (unpaired) electrons. The van der Waals surface area contributed by atoms with E-state index in [2.05, 4.69) is 13.6 Å². The van der Waals surface area contributed by atoms with Crippen LogP contribution in [0.5, 0.6) is 5.75 Å². The van der Waals surface area contributed by atoms with Gasteiger partial charge in [-0.1, -0.05) is 11.6 Å². The summed E-state index contributed by atoms with van der Waals surface area (Å²) in [5.74, 6) is 1.52. The fraction of sp³-hybridized carbons (Fsp3) is 0.357. The number of ether oxygens (including phenoxy) is 1. The number of nitrogens with zero attached hydrogens (tertiary/aromatic N) is 4.